The number of carboxylic acid groups (broad SMARTS) is 1. The summed E-state index contributed by atoms with van der Waals surface area (Å²) < 4.78 is 7.34. The average molecular weight is 365 g/mol. The Kier molecular flexibility index (Phi) is 4.98. The lowest BCUT2D eigenvalue weighted by atomic mass is 10.1. The molecule has 138 valence electrons. The van der Waals surface area contributed by atoms with E-state index in [1.807, 2.05) is 47.9 Å². The highest BCUT2D eigenvalue weighted by Gasteiger charge is 2.18. The van der Waals surface area contributed by atoms with Crippen LogP contribution in [0.25, 0.3) is 16.7 Å². The van der Waals surface area contributed by atoms with Gasteiger partial charge in [-0.15, -0.1) is 0 Å². The van der Waals surface area contributed by atoms with Crippen molar-refractivity contribution < 1.29 is 24.5 Å². The molecule has 1 aromatic heterocycles. The molecule has 6 nitrogen and oxygen atoms in total. The molecule has 0 atom stereocenters. The van der Waals surface area contributed by atoms with Gasteiger partial charge in [0.1, 0.15) is 11.5 Å². The molecular weight excluding hydrogens is 346 g/mol. The lowest BCUT2D eigenvalue weighted by molar-refractivity contribution is -0.146. The zero-order valence-corrected chi connectivity index (χ0v) is 15.0. The van der Waals surface area contributed by atoms with E-state index < -0.39 is 17.5 Å². The smallest absolute Gasteiger partial charge is 0.376 e. The van der Waals surface area contributed by atoms with E-state index >= 15 is 0 Å². The summed E-state index contributed by atoms with van der Waals surface area (Å²) in [5.41, 5.74) is 3.37. The molecule has 0 radical (unpaired) electrons. The van der Waals surface area contributed by atoms with Crippen LogP contribution in [0.5, 0.6) is 5.75 Å². The van der Waals surface area contributed by atoms with E-state index in [0.29, 0.717) is 29.3 Å². The Hall–Kier alpha value is -3.54. The minimum atomic E-state index is -1.63. The van der Waals surface area contributed by atoms with Crippen LogP contribution in [-0.2, 0) is 16.1 Å². The van der Waals surface area contributed by atoms with Crippen molar-refractivity contribution in [3.8, 4) is 5.75 Å². The summed E-state index contributed by atoms with van der Waals surface area (Å²) in [6.45, 7) is 2.57. The summed E-state index contributed by atoms with van der Waals surface area (Å²) in [4.78, 5) is 22.3. The van der Waals surface area contributed by atoms with Crippen molar-refractivity contribution in [3.05, 3.63) is 71.4 Å². The number of aromatic nitrogens is 1. The Morgan fingerprint density at radius 2 is 1.85 bits per heavy atom. The van der Waals surface area contributed by atoms with E-state index in [2.05, 4.69) is 0 Å². The van der Waals surface area contributed by atoms with Crippen LogP contribution in [0.4, 0.5) is 0 Å². The van der Waals surface area contributed by atoms with Crippen LogP contribution < -0.4 is 4.74 Å². The molecule has 0 aliphatic carbocycles. The first-order valence-electron chi connectivity index (χ1n) is 8.31. The SMILES string of the molecule is COc1cccc2c1c(/C(O)=C/C(=O)C(=O)O)cn2Cc1ccccc1C. The van der Waals surface area contributed by atoms with Crippen LogP contribution in [0.1, 0.15) is 16.7 Å². The number of carboxylic acids is 1. The van der Waals surface area contributed by atoms with Gasteiger partial charge in [0.05, 0.1) is 18.0 Å². The summed E-state index contributed by atoms with van der Waals surface area (Å²) in [5, 5.41) is 19.8. The number of carbonyl (C=O) groups is 2. The van der Waals surface area contributed by atoms with Gasteiger partial charge in [-0.25, -0.2) is 4.79 Å². The molecule has 0 aliphatic rings. The maximum atomic E-state index is 11.5. The molecular formula is C21H19NO5. The van der Waals surface area contributed by atoms with E-state index in [0.717, 1.165) is 16.6 Å². The van der Waals surface area contributed by atoms with Crippen LogP contribution in [-0.4, -0.2) is 33.6 Å². The van der Waals surface area contributed by atoms with E-state index in [1.54, 1.807) is 12.3 Å². The number of methoxy groups -OCH3 is 1. The van der Waals surface area contributed by atoms with Crippen LogP contribution in [0.2, 0.25) is 0 Å². The van der Waals surface area contributed by atoms with E-state index in [9.17, 15) is 14.7 Å². The summed E-state index contributed by atoms with van der Waals surface area (Å²) in [5.74, 6) is -2.71. The molecule has 0 bridgehead atoms. The van der Waals surface area contributed by atoms with Gasteiger partial charge in [0, 0.05) is 24.4 Å². The van der Waals surface area contributed by atoms with Gasteiger partial charge < -0.3 is 19.5 Å². The van der Waals surface area contributed by atoms with Crippen LogP contribution in [0.3, 0.4) is 0 Å². The summed E-state index contributed by atoms with van der Waals surface area (Å²) in [6, 6.07) is 13.4. The number of nitrogens with zero attached hydrogens (tertiary/aromatic N) is 1. The van der Waals surface area contributed by atoms with Crippen molar-refractivity contribution >= 4 is 28.4 Å². The lowest BCUT2D eigenvalue weighted by Gasteiger charge is -2.09. The lowest BCUT2D eigenvalue weighted by Crippen LogP contribution is -2.09. The third-order valence-corrected chi connectivity index (χ3v) is 4.44. The second-order valence-corrected chi connectivity index (χ2v) is 6.15. The largest absolute Gasteiger partial charge is 0.507 e. The predicted molar refractivity (Wildman–Crippen MR) is 102 cm³/mol. The highest BCUT2D eigenvalue weighted by Crippen LogP contribution is 2.34. The maximum Gasteiger partial charge on any atom is 0.376 e. The Morgan fingerprint density at radius 1 is 1.11 bits per heavy atom. The molecule has 27 heavy (non-hydrogen) atoms. The van der Waals surface area contributed by atoms with Gasteiger partial charge in [-0.2, -0.15) is 0 Å². The number of ether oxygens (including phenoxy) is 1. The van der Waals surface area contributed by atoms with Gasteiger partial charge >= 0.3 is 5.97 Å². The van der Waals surface area contributed by atoms with Crippen LogP contribution >= 0.6 is 0 Å². The summed E-state index contributed by atoms with van der Waals surface area (Å²) in [6.07, 6.45) is 2.41. The number of fused-ring (bicyclic) bond motifs is 1. The first-order valence-corrected chi connectivity index (χ1v) is 8.31. The van der Waals surface area contributed by atoms with Crippen LogP contribution in [0, 0.1) is 6.92 Å². The topological polar surface area (TPSA) is 88.8 Å². The number of rotatable bonds is 6. The molecule has 0 spiro atoms. The summed E-state index contributed by atoms with van der Waals surface area (Å²) in [7, 11) is 1.51. The number of hydrogen-bond acceptors (Lipinski definition) is 4. The number of benzene rings is 2. The molecule has 6 heteroatoms. The standard InChI is InChI=1S/C21H19NO5/c1-13-6-3-4-7-14(13)11-22-12-15(17(23)10-18(24)21(25)26)20-16(22)8-5-9-19(20)27-2/h3-10,12,23H,11H2,1-2H3,(H,25,26)/b17-10-. The summed E-state index contributed by atoms with van der Waals surface area (Å²) >= 11 is 0. The third kappa shape index (κ3) is 3.55. The Balaban J connectivity index is 2.18. The van der Waals surface area contributed by atoms with Crippen molar-refractivity contribution in [2.75, 3.05) is 7.11 Å². The van der Waals surface area contributed by atoms with E-state index in [4.69, 9.17) is 9.84 Å². The fourth-order valence-corrected chi connectivity index (χ4v) is 3.05. The minimum Gasteiger partial charge on any atom is -0.507 e. The highest BCUT2D eigenvalue weighted by molar-refractivity contribution is 6.38. The normalized spacial score (nSPS) is 11.6. The molecule has 0 saturated carbocycles. The first kappa shape index (κ1) is 18.3. The molecule has 0 amide bonds. The van der Waals surface area contributed by atoms with Gasteiger partial charge in [-0.05, 0) is 30.2 Å². The van der Waals surface area contributed by atoms with Crippen molar-refractivity contribution in [3.63, 3.8) is 0 Å². The number of hydrogen-bond donors (Lipinski definition) is 2. The monoisotopic (exact) mass is 365 g/mol. The Labute approximate surface area is 155 Å². The molecule has 2 N–H and O–H groups in total. The fraction of sp³-hybridized carbons (Fsp3) is 0.143. The number of aryl methyl sites for hydroxylation is 1. The number of ketones is 1. The quantitative estimate of drug-likeness (QED) is 0.396. The number of carbonyl (C=O) groups excluding carboxylic acids is 1. The van der Waals surface area contributed by atoms with Gasteiger partial charge in [0.15, 0.2) is 0 Å². The van der Waals surface area contributed by atoms with Crippen molar-refractivity contribution in [2.45, 2.75) is 13.5 Å². The average Bonchev–Trinajstić information content (AvgIpc) is 3.02. The van der Waals surface area contributed by atoms with Crippen LogP contribution in [0.15, 0.2) is 54.7 Å². The number of aliphatic carboxylic acids is 1. The Bertz CT molecular complexity index is 1060. The van der Waals surface area contributed by atoms with Gasteiger partial charge in [-0.3, -0.25) is 4.79 Å². The molecule has 2 aromatic carbocycles. The number of aliphatic hydroxyl groups excluding tert-OH is 1. The minimum absolute atomic E-state index is 0.339. The van der Waals surface area contributed by atoms with Crippen molar-refractivity contribution in [1.29, 1.82) is 0 Å². The molecule has 0 aliphatic heterocycles. The molecule has 1 heterocycles. The van der Waals surface area contributed by atoms with E-state index in [-0.39, 0.29) is 0 Å². The van der Waals surface area contributed by atoms with Gasteiger partial charge in [0.25, 0.3) is 5.78 Å². The number of aliphatic hydroxyl groups is 1. The molecule has 0 fully saturated rings. The van der Waals surface area contributed by atoms with Crippen molar-refractivity contribution in [2.24, 2.45) is 0 Å². The first-order chi connectivity index (χ1) is 12.9. The zero-order valence-electron chi connectivity index (χ0n) is 15.0. The van der Waals surface area contributed by atoms with Gasteiger partial charge in [-0.1, -0.05) is 30.3 Å². The maximum absolute atomic E-state index is 11.5. The zero-order chi connectivity index (χ0) is 19.6. The van der Waals surface area contributed by atoms with Gasteiger partial charge in [0.2, 0.25) is 0 Å². The molecule has 3 aromatic rings. The highest BCUT2D eigenvalue weighted by atomic mass is 16.5. The second-order valence-electron chi connectivity index (χ2n) is 6.15. The fourth-order valence-electron chi connectivity index (χ4n) is 3.05. The Morgan fingerprint density at radius 3 is 2.52 bits per heavy atom. The van der Waals surface area contributed by atoms with Crippen molar-refractivity contribution in [1.82, 2.24) is 4.57 Å². The molecule has 0 unspecified atom stereocenters. The third-order valence-electron chi connectivity index (χ3n) is 4.44. The van der Waals surface area contributed by atoms with E-state index in [1.165, 1.54) is 7.11 Å². The predicted octanol–water partition coefficient (Wildman–Crippen LogP) is 3.56. The second kappa shape index (κ2) is 7.37. The molecule has 3 rings (SSSR count). The molecule has 0 saturated heterocycles.